The molecule has 1 amide bonds. The van der Waals surface area contributed by atoms with Crippen molar-refractivity contribution in [2.45, 2.75) is 13.8 Å². The summed E-state index contributed by atoms with van der Waals surface area (Å²) in [5.41, 5.74) is 5.30. The van der Waals surface area contributed by atoms with Crippen LogP contribution in [0.15, 0.2) is 58.1 Å². The number of nitrogens with one attached hydrogen (secondary N) is 1. The van der Waals surface area contributed by atoms with Gasteiger partial charge in [0.1, 0.15) is 5.75 Å². The van der Waals surface area contributed by atoms with E-state index in [1.807, 2.05) is 62.4 Å². The smallest absolute Gasteiger partial charge is 0.277 e. The summed E-state index contributed by atoms with van der Waals surface area (Å²) in [6.07, 6.45) is 0. The van der Waals surface area contributed by atoms with Crippen molar-refractivity contribution in [3.05, 3.63) is 64.1 Å². The molecule has 0 bridgehead atoms. The predicted molar refractivity (Wildman–Crippen MR) is 91.2 cm³/mol. The van der Waals surface area contributed by atoms with Crippen LogP contribution in [0.2, 0.25) is 0 Å². The molecule has 2 aromatic carbocycles. The maximum absolute atomic E-state index is 11.7. The number of hydrazone groups is 1. The first kappa shape index (κ1) is 16.2. The molecule has 0 aliphatic heterocycles. The summed E-state index contributed by atoms with van der Waals surface area (Å²) in [7, 11) is 0. The Kier molecular flexibility index (Phi) is 5.72. The third-order valence-electron chi connectivity index (χ3n) is 2.98. The van der Waals surface area contributed by atoms with Crippen LogP contribution in [0.1, 0.15) is 18.1 Å². The SMILES string of the molecule is C/C(=N/NC(=O)COc1ccc(C)cc1)c1cccc(Br)c1. The summed E-state index contributed by atoms with van der Waals surface area (Å²) >= 11 is 3.40. The van der Waals surface area contributed by atoms with E-state index in [2.05, 4.69) is 26.5 Å². The number of nitrogens with zero attached hydrogens (tertiary/aromatic N) is 1. The molecular formula is C17H17BrN2O2. The van der Waals surface area contributed by atoms with Crippen LogP contribution in [-0.4, -0.2) is 18.2 Å². The Morgan fingerprint density at radius 1 is 1.23 bits per heavy atom. The molecule has 114 valence electrons. The molecule has 5 heteroatoms. The van der Waals surface area contributed by atoms with Gasteiger partial charge in [0.2, 0.25) is 0 Å². The van der Waals surface area contributed by atoms with E-state index in [1.54, 1.807) is 0 Å². The summed E-state index contributed by atoms with van der Waals surface area (Å²) in [6, 6.07) is 15.3. The van der Waals surface area contributed by atoms with Gasteiger partial charge in [0, 0.05) is 4.47 Å². The fourth-order valence-electron chi connectivity index (χ4n) is 1.74. The van der Waals surface area contributed by atoms with Crippen LogP contribution >= 0.6 is 15.9 Å². The largest absolute Gasteiger partial charge is 0.484 e. The number of aryl methyl sites for hydroxylation is 1. The lowest BCUT2D eigenvalue weighted by molar-refractivity contribution is -0.123. The summed E-state index contributed by atoms with van der Waals surface area (Å²) in [6.45, 7) is 3.76. The Labute approximate surface area is 138 Å². The van der Waals surface area contributed by atoms with Crippen molar-refractivity contribution in [2.75, 3.05) is 6.61 Å². The lowest BCUT2D eigenvalue weighted by Crippen LogP contribution is -2.25. The molecule has 0 saturated carbocycles. The standard InChI is InChI=1S/C17H17BrN2O2/c1-12-6-8-16(9-7-12)22-11-17(21)20-19-13(2)14-4-3-5-15(18)10-14/h3-10H,11H2,1-2H3,(H,20,21)/b19-13-. The van der Waals surface area contributed by atoms with Crippen LogP contribution in [0, 0.1) is 6.92 Å². The summed E-state index contributed by atoms with van der Waals surface area (Å²) in [4.78, 5) is 11.7. The molecule has 0 aliphatic carbocycles. The van der Waals surface area contributed by atoms with E-state index in [-0.39, 0.29) is 12.5 Å². The highest BCUT2D eigenvalue weighted by molar-refractivity contribution is 9.10. The van der Waals surface area contributed by atoms with Gasteiger partial charge in [-0.15, -0.1) is 0 Å². The zero-order valence-corrected chi connectivity index (χ0v) is 14.1. The number of benzene rings is 2. The molecule has 22 heavy (non-hydrogen) atoms. The molecule has 4 nitrogen and oxygen atoms in total. The summed E-state index contributed by atoms with van der Waals surface area (Å²) < 4.78 is 6.36. The van der Waals surface area contributed by atoms with E-state index in [9.17, 15) is 4.79 Å². The zero-order chi connectivity index (χ0) is 15.9. The van der Waals surface area contributed by atoms with Crippen molar-refractivity contribution in [2.24, 2.45) is 5.10 Å². The van der Waals surface area contributed by atoms with Gasteiger partial charge in [0.25, 0.3) is 5.91 Å². The minimum absolute atomic E-state index is 0.0711. The molecular weight excluding hydrogens is 344 g/mol. The second-order valence-corrected chi connectivity index (χ2v) is 5.76. The van der Waals surface area contributed by atoms with E-state index >= 15 is 0 Å². The van der Waals surface area contributed by atoms with Crippen molar-refractivity contribution in [3.8, 4) is 5.75 Å². The summed E-state index contributed by atoms with van der Waals surface area (Å²) in [5, 5.41) is 4.08. The van der Waals surface area contributed by atoms with Gasteiger partial charge in [-0.3, -0.25) is 4.79 Å². The first-order valence-electron chi connectivity index (χ1n) is 6.83. The van der Waals surface area contributed by atoms with E-state index in [0.29, 0.717) is 5.75 Å². The Hall–Kier alpha value is -2.14. The van der Waals surface area contributed by atoms with E-state index < -0.39 is 0 Å². The highest BCUT2D eigenvalue weighted by atomic mass is 79.9. The van der Waals surface area contributed by atoms with Gasteiger partial charge in [-0.1, -0.05) is 45.8 Å². The minimum atomic E-state index is -0.296. The van der Waals surface area contributed by atoms with Gasteiger partial charge >= 0.3 is 0 Å². The van der Waals surface area contributed by atoms with Crippen LogP contribution in [-0.2, 0) is 4.79 Å². The van der Waals surface area contributed by atoms with Crippen molar-refractivity contribution in [1.82, 2.24) is 5.43 Å². The highest BCUT2D eigenvalue weighted by Crippen LogP contribution is 2.12. The number of amides is 1. The number of carbonyl (C=O) groups is 1. The first-order valence-corrected chi connectivity index (χ1v) is 7.62. The Bertz CT molecular complexity index is 681. The Morgan fingerprint density at radius 3 is 2.64 bits per heavy atom. The average molecular weight is 361 g/mol. The number of hydrogen-bond acceptors (Lipinski definition) is 3. The van der Waals surface area contributed by atoms with Gasteiger partial charge in [-0.05, 0) is 43.7 Å². The highest BCUT2D eigenvalue weighted by Gasteiger charge is 2.03. The quantitative estimate of drug-likeness (QED) is 0.653. The van der Waals surface area contributed by atoms with Crippen LogP contribution in [0.25, 0.3) is 0 Å². The summed E-state index contributed by atoms with van der Waals surface area (Å²) in [5.74, 6) is 0.364. The second-order valence-electron chi connectivity index (χ2n) is 4.84. The lowest BCUT2D eigenvalue weighted by atomic mass is 10.1. The lowest BCUT2D eigenvalue weighted by Gasteiger charge is -2.06. The first-order chi connectivity index (χ1) is 10.5. The van der Waals surface area contributed by atoms with Crippen molar-refractivity contribution in [3.63, 3.8) is 0 Å². The molecule has 0 radical (unpaired) electrons. The molecule has 1 N–H and O–H groups in total. The second kappa shape index (κ2) is 7.75. The third kappa shape index (κ3) is 5.00. The third-order valence-corrected chi connectivity index (χ3v) is 3.47. The number of halogens is 1. The Balaban J connectivity index is 1.86. The van der Waals surface area contributed by atoms with E-state index in [1.165, 1.54) is 0 Å². The van der Waals surface area contributed by atoms with Crippen LogP contribution < -0.4 is 10.2 Å². The molecule has 2 aromatic rings. The molecule has 0 unspecified atom stereocenters. The number of hydrogen-bond donors (Lipinski definition) is 1. The van der Waals surface area contributed by atoms with E-state index in [4.69, 9.17) is 4.74 Å². The average Bonchev–Trinajstić information content (AvgIpc) is 2.52. The van der Waals surface area contributed by atoms with Gasteiger partial charge in [0.05, 0.1) is 5.71 Å². The van der Waals surface area contributed by atoms with Crippen molar-refractivity contribution >= 4 is 27.5 Å². The molecule has 0 saturated heterocycles. The number of rotatable bonds is 5. The molecule has 0 heterocycles. The number of ether oxygens (including phenoxy) is 1. The molecule has 2 rings (SSSR count). The fourth-order valence-corrected chi connectivity index (χ4v) is 2.14. The zero-order valence-electron chi connectivity index (χ0n) is 12.5. The van der Waals surface area contributed by atoms with Crippen molar-refractivity contribution < 1.29 is 9.53 Å². The molecule has 0 aromatic heterocycles. The normalized spacial score (nSPS) is 11.1. The fraction of sp³-hybridized carbons (Fsp3) is 0.176. The van der Waals surface area contributed by atoms with Crippen LogP contribution in [0.5, 0.6) is 5.75 Å². The molecule has 0 fully saturated rings. The maximum atomic E-state index is 11.7. The monoisotopic (exact) mass is 360 g/mol. The van der Waals surface area contributed by atoms with Gasteiger partial charge in [0.15, 0.2) is 6.61 Å². The predicted octanol–water partition coefficient (Wildman–Crippen LogP) is 3.68. The topological polar surface area (TPSA) is 50.7 Å². The van der Waals surface area contributed by atoms with Gasteiger partial charge in [-0.25, -0.2) is 5.43 Å². The van der Waals surface area contributed by atoms with E-state index in [0.717, 1.165) is 21.3 Å². The van der Waals surface area contributed by atoms with Crippen LogP contribution in [0.3, 0.4) is 0 Å². The van der Waals surface area contributed by atoms with Gasteiger partial charge in [-0.2, -0.15) is 5.10 Å². The maximum Gasteiger partial charge on any atom is 0.277 e. The van der Waals surface area contributed by atoms with Crippen LogP contribution in [0.4, 0.5) is 0 Å². The van der Waals surface area contributed by atoms with Gasteiger partial charge < -0.3 is 4.74 Å². The Morgan fingerprint density at radius 2 is 1.95 bits per heavy atom. The number of carbonyl (C=O) groups excluding carboxylic acids is 1. The molecule has 0 aliphatic rings. The molecule has 0 spiro atoms. The minimum Gasteiger partial charge on any atom is -0.484 e. The van der Waals surface area contributed by atoms with Crippen molar-refractivity contribution in [1.29, 1.82) is 0 Å². The molecule has 0 atom stereocenters.